The number of sulfone groups is 1. The quantitative estimate of drug-likeness (QED) is 0.369. The number of thiophene rings is 1. The summed E-state index contributed by atoms with van der Waals surface area (Å²) < 4.78 is 37.4. The van der Waals surface area contributed by atoms with Gasteiger partial charge < -0.3 is 0 Å². The van der Waals surface area contributed by atoms with Crippen LogP contribution in [0, 0.1) is 27.3 Å². The zero-order chi connectivity index (χ0) is 16.3. The summed E-state index contributed by atoms with van der Waals surface area (Å²) in [6.45, 7) is 0. The number of hydrogen-bond donors (Lipinski definition) is 0. The third-order valence-electron chi connectivity index (χ3n) is 2.59. The van der Waals surface area contributed by atoms with Gasteiger partial charge in [-0.05, 0) is 36.4 Å². The molecule has 22 heavy (non-hydrogen) atoms. The van der Waals surface area contributed by atoms with E-state index in [9.17, 15) is 22.9 Å². The first-order valence-corrected chi connectivity index (χ1v) is 8.01. The van der Waals surface area contributed by atoms with Crippen LogP contribution >= 0.6 is 11.3 Å². The first-order valence-electron chi connectivity index (χ1n) is 5.71. The third-order valence-corrected chi connectivity index (χ3v) is 5.25. The molecule has 0 aliphatic heterocycles. The summed E-state index contributed by atoms with van der Waals surface area (Å²) in [4.78, 5) is 9.44. The van der Waals surface area contributed by atoms with Crippen molar-refractivity contribution in [1.29, 1.82) is 5.26 Å². The molecule has 1 heterocycles. The van der Waals surface area contributed by atoms with Crippen LogP contribution < -0.4 is 0 Å². The number of rotatable bonds is 4. The predicted octanol–water partition coefficient (Wildman–Crippen LogP) is 3.13. The lowest BCUT2D eigenvalue weighted by atomic mass is 10.3. The van der Waals surface area contributed by atoms with Crippen molar-refractivity contribution in [1.82, 2.24) is 0 Å². The van der Waals surface area contributed by atoms with E-state index < -0.39 is 25.5 Å². The van der Waals surface area contributed by atoms with Crippen molar-refractivity contribution in [2.24, 2.45) is 0 Å². The molecule has 0 radical (unpaired) electrons. The molecule has 0 spiro atoms. The summed E-state index contributed by atoms with van der Waals surface area (Å²) in [7, 11) is -4.11. The molecule has 0 aliphatic rings. The Kier molecular flexibility index (Phi) is 4.35. The van der Waals surface area contributed by atoms with Gasteiger partial charge in [0.15, 0.2) is 4.91 Å². The molecule has 6 nitrogen and oxygen atoms in total. The van der Waals surface area contributed by atoms with E-state index in [4.69, 9.17) is 5.26 Å². The fourth-order valence-electron chi connectivity index (χ4n) is 1.56. The van der Waals surface area contributed by atoms with Crippen molar-refractivity contribution in [3.63, 3.8) is 0 Å². The van der Waals surface area contributed by atoms with E-state index in [1.165, 1.54) is 12.1 Å². The Morgan fingerprint density at radius 3 is 2.41 bits per heavy atom. The minimum absolute atomic E-state index is 0.164. The zero-order valence-corrected chi connectivity index (χ0v) is 12.4. The lowest BCUT2D eigenvalue weighted by Crippen LogP contribution is -2.03. The van der Waals surface area contributed by atoms with Crippen molar-refractivity contribution < 1.29 is 17.7 Å². The van der Waals surface area contributed by atoms with Crippen LogP contribution in [0.2, 0.25) is 0 Å². The van der Waals surface area contributed by atoms with Crippen molar-refractivity contribution in [2.75, 3.05) is 0 Å². The molecule has 2 aromatic rings. The smallest absolute Gasteiger partial charge is 0.258 e. The first-order chi connectivity index (χ1) is 10.3. The second-order valence-electron chi connectivity index (χ2n) is 4.01. The van der Waals surface area contributed by atoms with Gasteiger partial charge in [-0.1, -0.05) is 11.3 Å². The maximum absolute atomic E-state index is 12.8. The number of halogens is 1. The Labute approximate surface area is 128 Å². The van der Waals surface area contributed by atoms with E-state index in [1.54, 1.807) is 6.07 Å². The number of nitrogens with zero attached hydrogens (tertiary/aromatic N) is 2. The SMILES string of the molecule is N#CC(=Cc1ccc([N+](=O)[O-])s1)S(=O)(=O)c1ccc(F)cc1. The Morgan fingerprint density at radius 2 is 1.91 bits per heavy atom. The van der Waals surface area contributed by atoms with Gasteiger partial charge in [-0.2, -0.15) is 5.26 Å². The lowest BCUT2D eigenvalue weighted by Gasteiger charge is -2.02. The van der Waals surface area contributed by atoms with Crippen LogP contribution in [-0.4, -0.2) is 13.3 Å². The first kappa shape index (κ1) is 15.8. The van der Waals surface area contributed by atoms with Gasteiger partial charge in [-0.3, -0.25) is 10.1 Å². The van der Waals surface area contributed by atoms with Gasteiger partial charge in [0.1, 0.15) is 11.9 Å². The topological polar surface area (TPSA) is 101 Å². The van der Waals surface area contributed by atoms with Crippen LogP contribution in [-0.2, 0) is 9.84 Å². The van der Waals surface area contributed by atoms with Gasteiger partial charge in [0.05, 0.1) is 9.82 Å². The van der Waals surface area contributed by atoms with Crippen molar-refractivity contribution in [3.8, 4) is 6.07 Å². The van der Waals surface area contributed by atoms with Crippen molar-refractivity contribution in [3.05, 3.63) is 62.1 Å². The summed E-state index contributed by atoms with van der Waals surface area (Å²) in [6.07, 6.45) is 1.05. The largest absolute Gasteiger partial charge is 0.324 e. The van der Waals surface area contributed by atoms with Crippen molar-refractivity contribution >= 4 is 32.3 Å². The molecule has 0 saturated carbocycles. The van der Waals surface area contributed by atoms with Crippen LogP contribution in [0.15, 0.2) is 46.2 Å². The Bertz CT molecular complexity index is 893. The van der Waals surface area contributed by atoms with E-state index in [0.717, 1.165) is 41.7 Å². The highest BCUT2D eigenvalue weighted by molar-refractivity contribution is 7.95. The molecule has 2 rings (SSSR count). The second-order valence-corrected chi connectivity index (χ2v) is 7.02. The maximum atomic E-state index is 12.8. The average molecular weight is 338 g/mol. The van der Waals surface area contributed by atoms with Gasteiger partial charge in [-0.25, -0.2) is 12.8 Å². The van der Waals surface area contributed by atoms with Crippen LogP contribution in [0.25, 0.3) is 6.08 Å². The molecule has 1 aromatic carbocycles. The minimum Gasteiger partial charge on any atom is -0.258 e. The standard InChI is InChI=1S/C13H7FN2O4S2/c14-9-1-4-11(5-2-9)22(19,20)12(8-15)7-10-3-6-13(21-10)16(17)18/h1-7H. The second kappa shape index (κ2) is 6.05. The maximum Gasteiger partial charge on any atom is 0.324 e. The van der Waals surface area contributed by atoms with E-state index in [0.29, 0.717) is 0 Å². The number of allylic oxidation sites excluding steroid dienone is 1. The molecule has 0 bridgehead atoms. The molecule has 0 N–H and O–H groups in total. The van der Waals surface area contributed by atoms with Crippen LogP contribution in [0.1, 0.15) is 4.88 Å². The van der Waals surface area contributed by atoms with Gasteiger partial charge in [0, 0.05) is 10.9 Å². The average Bonchev–Trinajstić information content (AvgIpc) is 2.94. The van der Waals surface area contributed by atoms with E-state index in [-0.39, 0.29) is 14.8 Å². The zero-order valence-electron chi connectivity index (χ0n) is 10.8. The molecule has 0 unspecified atom stereocenters. The van der Waals surface area contributed by atoms with Gasteiger partial charge in [0.2, 0.25) is 9.84 Å². The van der Waals surface area contributed by atoms with Crippen LogP contribution in [0.3, 0.4) is 0 Å². The highest BCUT2D eigenvalue weighted by Gasteiger charge is 2.21. The number of nitriles is 1. The number of benzene rings is 1. The van der Waals surface area contributed by atoms with E-state index >= 15 is 0 Å². The molecular weight excluding hydrogens is 331 g/mol. The third kappa shape index (κ3) is 3.19. The summed E-state index contributed by atoms with van der Waals surface area (Å²) >= 11 is 0.747. The van der Waals surface area contributed by atoms with E-state index in [1.807, 2.05) is 0 Å². The molecule has 9 heteroatoms. The van der Waals surface area contributed by atoms with Gasteiger partial charge >= 0.3 is 5.00 Å². The fraction of sp³-hybridized carbons (Fsp3) is 0. The molecule has 0 amide bonds. The highest BCUT2D eigenvalue weighted by atomic mass is 32.2. The molecule has 0 aliphatic carbocycles. The van der Waals surface area contributed by atoms with Crippen molar-refractivity contribution in [2.45, 2.75) is 4.90 Å². The molecule has 112 valence electrons. The van der Waals surface area contributed by atoms with Gasteiger partial charge in [-0.15, -0.1) is 0 Å². The monoisotopic (exact) mass is 338 g/mol. The normalized spacial score (nSPS) is 11.9. The van der Waals surface area contributed by atoms with Gasteiger partial charge in [0.25, 0.3) is 0 Å². The Balaban J connectivity index is 2.46. The Hall–Kier alpha value is -2.57. The summed E-state index contributed by atoms with van der Waals surface area (Å²) in [5.41, 5.74) is 0. The predicted molar refractivity (Wildman–Crippen MR) is 78.1 cm³/mol. The molecule has 0 saturated heterocycles. The number of hydrogen-bond acceptors (Lipinski definition) is 6. The molecule has 1 aromatic heterocycles. The number of nitro groups is 1. The Morgan fingerprint density at radius 1 is 1.27 bits per heavy atom. The van der Waals surface area contributed by atoms with Crippen LogP contribution in [0.5, 0.6) is 0 Å². The molecular formula is C13H7FN2O4S2. The lowest BCUT2D eigenvalue weighted by molar-refractivity contribution is -0.380. The van der Waals surface area contributed by atoms with Crippen LogP contribution in [0.4, 0.5) is 9.39 Å². The molecule has 0 atom stereocenters. The summed E-state index contributed by atoms with van der Waals surface area (Å²) in [5.74, 6) is -0.602. The highest BCUT2D eigenvalue weighted by Crippen LogP contribution is 2.28. The summed E-state index contributed by atoms with van der Waals surface area (Å²) in [5, 5.41) is 19.5. The fourth-order valence-corrected chi connectivity index (χ4v) is 3.55. The minimum atomic E-state index is -4.11. The molecule has 0 fully saturated rings. The summed E-state index contributed by atoms with van der Waals surface area (Å²) in [6, 6.07) is 8.16. The van der Waals surface area contributed by atoms with E-state index in [2.05, 4.69) is 0 Å².